The second kappa shape index (κ2) is 18.9. The van der Waals surface area contributed by atoms with E-state index in [-0.39, 0.29) is 24.8 Å². The maximum atomic E-state index is 12.1. The van der Waals surface area contributed by atoms with Crippen LogP contribution in [-0.2, 0) is 32.2 Å². The number of hydrogen-bond acceptors (Lipinski definition) is 12. The van der Waals surface area contributed by atoms with Gasteiger partial charge in [-0.2, -0.15) is 5.26 Å². The van der Waals surface area contributed by atoms with Crippen LogP contribution >= 0.6 is 11.6 Å². The molecule has 1 saturated heterocycles. The predicted molar refractivity (Wildman–Crippen MR) is 209 cm³/mol. The van der Waals surface area contributed by atoms with E-state index >= 15 is 0 Å². The Labute approximate surface area is 332 Å². The van der Waals surface area contributed by atoms with Crippen LogP contribution in [0, 0.1) is 16.7 Å². The minimum absolute atomic E-state index is 0.0103. The third kappa shape index (κ3) is 9.94. The SMILES string of the molecule is COC(=O)C1(O)CCN(CCCOC2(COc3cc(OCc4cncc(C#N)c4)c(CNC(CO)C(=O)O)cc3Cl)C=CC=C(c3ccccc3)C2(C)C)CC1. The quantitative estimate of drug-likeness (QED) is 0.101. The maximum Gasteiger partial charge on any atom is 0.337 e. The summed E-state index contributed by atoms with van der Waals surface area (Å²) in [6.07, 6.45) is 10.4. The number of aliphatic hydroxyl groups excluding tert-OH is 1. The number of methoxy groups -OCH3 is 1. The molecule has 1 fully saturated rings. The number of likely N-dealkylation sites (tertiary alicyclic amines) is 1. The highest BCUT2D eigenvalue weighted by Gasteiger charge is 2.49. The number of esters is 1. The Hall–Kier alpha value is -4.81. The number of aromatic nitrogens is 1. The van der Waals surface area contributed by atoms with Gasteiger partial charge in [0.2, 0.25) is 0 Å². The number of pyridine rings is 1. The fourth-order valence-corrected chi connectivity index (χ4v) is 7.24. The van der Waals surface area contributed by atoms with Crippen LogP contribution in [-0.4, -0.2) is 101 Å². The molecular weight excluding hydrogens is 740 g/mol. The molecular formula is C42H49ClN4O9. The lowest BCUT2D eigenvalue weighted by atomic mass is 9.65. The van der Waals surface area contributed by atoms with Crippen molar-refractivity contribution >= 4 is 29.1 Å². The van der Waals surface area contributed by atoms with Gasteiger partial charge in [0.1, 0.15) is 42.4 Å². The number of aliphatic hydroxyl groups is 2. The number of halogens is 1. The van der Waals surface area contributed by atoms with E-state index in [9.17, 15) is 30.2 Å². The van der Waals surface area contributed by atoms with Crippen molar-refractivity contribution < 1.29 is 43.9 Å². The summed E-state index contributed by atoms with van der Waals surface area (Å²) >= 11 is 6.85. The van der Waals surface area contributed by atoms with Crippen molar-refractivity contribution in [1.29, 1.82) is 5.26 Å². The molecule has 2 aliphatic rings. The van der Waals surface area contributed by atoms with E-state index in [1.54, 1.807) is 24.4 Å². The number of nitriles is 1. The average Bonchev–Trinajstić information content (AvgIpc) is 3.20. The first kappa shape index (κ1) is 42.3. The van der Waals surface area contributed by atoms with Gasteiger partial charge in [-0.3, -0.25) is 15.1 Å². The Kier molecular flexibility index (Phi) is 14.3. The maximum absolute atomic E-state index is 12.1. The fourth-order valence-electron chi connectivity index (χ4n) is 7.00. The number of piperidine rings is 1. The van der Waals surface area contributed by atoms with Crippen LogP contribution in [0.1, 0.15) is 55.4 Å². The van der Waals surface area contributed by atoms with E-state index in [2.05, 4.69) is 53.3 Å². The van der Waals surface area contributed by atoms with Crippen molar-refractivity contribution in [3.8, 4) is 17.6 Å². The topological polar surface area (TPSA) is 184 Å². The number of benzene rings is 2. The molecule has 298 valence electrons. The van der Waals surface area contributed by atoms with E-state index < -0.39 is 41.2 Å². The van der Waals surface area contributed by atoms with Crippen LogP contribution in [0.25, 0.3) is 5.57 Å². The summed E-state index contributed by atoms with van der Waals surface area (Å²) < 4.78 is 24.4. The van der Waals surface area contributed by atoms with Crippen molar-refractivity contribution in [3.05, 3.63) is 106 Å². The zero-order valence-electron chi connectivity index (χ0n) is 31.9. The summed E-state index contributed by atoms with van der Waals surface area (Å²) in [5.74, 6) is -1.15. The molecule has 2 atom stereocenters. The first-order valence-electron chi connectivity index (χ1n) is 18.5. The number of aliphatic carboxylic acids is 1. The molecule has 0 amide bonds. The van der Waals surface area contributed by atoms with Crippen LogP contribution in [0.3, 0.4) is 0 Å². The second-order valence-corrected chi connectivity index (χ2v) is 14.9. The molecule has 0 saturated carbocycles. The molecule has 2 unspecified atom stereocenters. The van der Waals surface area contributed by atoms with Crippen LogP contribution in [0.15, 0.2) is 79.2 Å². The highest BCUT2D eigenvalue weighted by molar-refractivity contribution is 6.32. The van der Waals surface area contributed by atoms with Gasteiger partial charge in [-0.1, -0.05) is 67.9 Å². The van der Waals surface area contributed by atoms with Gasteiger partial charge < -0.3 is 39.2 Å². The van der Waals surface area contributed by atoms with Crippen molar-refractivity contribution in [2.45, 2.75) is 63.5 Å². The number of carbonyl (C=O) groups is 2. The fraction of sp³-hybridized carbons (Fsp3) is 0.429. The number of ether oxygens (including phenoxy) is 4. The second-order valence-electron chi connectivity index (χ2n) is 14.5. The molecule has 4 N–H and O–H groups in total. The molecule has 5 rings (SSSR count). The Morgan fingerprint density at radius 2 is 1.84 bits per heavy atom. The summed E-state index contributed by atoms with van der Waals surface area (Å²) in [5, 5.41) is 42.2. The van der Waals surface area contributed by atoms with Gasteiger partial charge in [0.15, 0.2) is 5.60 Å². The molecule has 1 aromatic heterocycles. The number of nitrogens with zero attached hydrogens (tertiary/aromatic N) is 3. The van der Waals surface area contributed by atoms with E-state index in [1.807, 2.05) is 30.4 Å². The summed E-state index contributed by atoms with van der Waals surface area (Å²) in [7, 11) is 1.28. The average molecular weight is 789 g/mol. The third-order valence-corrected chi connectivity index (χ3v) is 10.9. The van der Waals surface area contributed by atoms with Gasteiger partial charge in [-0.15, -0.1) is 0 Å². The van der Waals surface area contributed by atoms with Gasteiger partial charge in [-0.25, -0.2) is 4.79 Å². The van der Waals surface area contributed by atoms with Crippen molar-refractivity contribution in [2.75, 3.05) is 46.6 Å². The van der Waals surface area contributed by atoms with Gasteiger partial charge >= 0.3 is 11.9 Å². The Balaban J connectivity index is 1.38. The van der Waals surface area contributed by atoms with Gasteiger partial charge in [-0.05, 0) is 48.6 Å². The largest absolute Gasteiger partial charge is 0.488 e. The number of hydrogen-bond donors (Lipinski definition) is 4. The lowest BCUT2D eigenvalue weighted by Crippen LogP contribution is -2.52. The van der Waals surface area contributed by atoms with Crippen molar-refractivity contribution in [1.82, 2.24) is 15.2 Å². The van der Waals surface area contributed by atoms with E-state index in [0.717, 1.165) is 11.1 Å². The number of nitrogens with one attached hydrogen (secondary N) is 1. The molecule has 1 aliphatic carbocycles. The standard InChI is InChI=1S/C42H49ClN4O9/c1-40(2)33(31-9-5-4-6-10-31)11-7-12-42(40,56-18-8-15-47-16-13-41(52,14-17-47)39(51)53-3)28-55-37-21-36(54-27-30-19-29(22-44)23-45-24-30)32(20-34(37)43)25-46-35(26-48)38(49)50/h4-7,9-12,19-21,23-24,35,46,48,52H,8,13-18,25-28H2,1-3H3,(H,49,50). The molecule has 0 radical (unpaired) electrons. The molecule has 14 heteroatoms. The summed E-state index contributed by atoms with van der Waals surface area (Å²) in [6, 6.07) is 15.9. The first-order valence-corrected chi connectivity index (χ1v) is 18.8. The van der Waals surface area contributed by atoms with Crippen molar-refractivity contribution in [2.24, 2.45) is 5.41 Å². The van der Waals surface area contributed by atoms with Gasteiger partial charge in [0, 0.05) is 67.8 Å². The van der Waals surface area contributed by atoms with E-state index in [4.69, 9.17) is 30.5 Å². The van der Waals surface area contributed by atoms with Crippen LogP contribution in [0.5, 0.6) is 11.5 Å². The molecule has 2 aromatic carbocycles. The Morgan fingerprint density at radius 3 is 2.52 bits per heavy atom. The highest BCUT2D eigenvalue weighted by atomic mass is 35.5. The van der Waals surface area contributed by atoms with E-state index in [1.165, 1.54) is 13.3 Å². The van der Waals surface area contributed by atoms with Crippen molar-refractivity contribution in [3.63, 3.8) is 0 Å². The molecule has 3 aromatic rings. The zero-order valence-corrected chi connectivity index (χ0v) is 32.6. The molecule has 56 heavy (non-hydrogen) atoms. The summed E-state index contributed by atoms with van der Waals surface area (Å²) in [5.41, 5.74) is 0.616. The summed E-state index contributed by atoms with van der Waals surface area (Å²) in [4.78, 5) is 30.0. The normalized spacial score (nSPS) is 19.3. The van der Waals surface area contributed by atoms with Crippen LogP contribution in [0.4, 0.5) is 0 Å². The lowest BCUT2D eigenvalue weighted by molar-refractivity contribution is -0.167. The predicted octanol–water partition coefficient (Wildman–Crippen LogP) is 4.92. The Bertz CT molecular complexity index is 1940. The number of carboxylic acids is 1. The van der Waals surface area contributed by atoms with Crippen LogP contribution in [0.2, 0.25) is 5.02 Å². The highest BCUT2D eigenvalue weighted by Crippen LogP contribution is 2.49. The number of rotatable bonds is 18. The minimum atomic E-state index is -1.46. The minimum Gasteiger partial charge on any atom is -0.488 e. The Morgan fingerprint density at radius 1 is 1.09 bits per heavy atom. The molecule has 0 bridgehead atoms. The first-order chi connectivity index (χ1) is 26.8. The molecule has 13 nitrogen and oxygen atoms in total. The molecule has 2 heterocycles. The number of carboxylic acid groups (broad SMARTS) is 1. The molecule has 1 aliphatic heterocycles. The van der Waals surface area contributed by atoms with Gasteiger partial charge in [0.25, 0.3) is 0 Å². The van der Waals surface area contributed by atoms with E-state index in [0.29, 0.717) is 73.7 Å². The number of allylic oxidation sites excluding steroid dienone is 2. The monoisotopic (exact) mass is 788 g/mol. The van der Waals surface area contributed by atoms with Gasteiger partial charge in [0.05, 0.1) is 24.3 Å². The summed E-state index contributed by atoms with van der Waals surface area (Å²) in [6.45, 7) is 5.93. The third-order valence-electron chi connectivity index (χ3n) is 10.6. The molecule has 0 spiro atoms. The zero-order chi connectivity index (χ0) is 40.3. The number of carbonyl (C=O) groups excluding carboxylic acids is 1. The smallest absolute Gasteiger partial charge is 0.337 e. The lowest BCUT2D eigenvalue weighted by Gasteiger charge is -2.47. The van der Waals surface area contributed by atoms with Crippen LogP contribution < -0.4 is 14.8 Å².